The maximum absolute atomic E-state index is 15.1. The van der Waals surface area contributed by atoms with E-state index in [1.807, 2.05) is 56.3 Å². The molecule has 5 aliphatic heterocycles. The molecule has 0 saturated carbocycles. The minimum Gasteiger partial charge on any atom is -0.455 e. The number of benzene rings is 1. The van der Waals surface area contributed by atoms with Crippen molar-refractivity contribution in [2.75, 3.05) is 52.5 Å². The number of ether oxygens (including phenoxy) is 3. The molecule has 3 saturated heterocycles. The Bertz CT molecular complexity index is 1480. The van der Waals surface area contributed by atoms with Crippen LogP contribution in [-0.4, -0.2) is 126 Å². The molecule has 5 heterocycles. The van der Waals surface area contributed by atoms with Crippen LogP contribution in [0.25, 0.3) is 0 Å². The van der Waals surface area contributed by atoms with Gasteiger partial charge in [-0.05, 0) is 30.9 Å². The number of esters is 1. The van der Waals surface area contributed by atoms with E-state index in [-0.39, 0.29) is 37.3 Å². The van der Waals surface area contributed by atoms with Gasteiger partial charge < -0.3 is 34.4 Å². The van der Waals surface area contributed by atoms with Gasteiger partial charge in [0.05, 0.1) is 37.8 Å². The van der Waals surface area contributed by atoms with Crippen LogP contribution in [0.4, 0.5) is 0 Å². The number of halogens is 1. The Morgan fingerprint density at radius 1 is 1.04 bits per heavy atom. The quantitative estimate of drug-likeness (QED) is 0.303. The molecule has 1 spiro atoms. The molecule has 5 bridgehead atoms. The lowest BCUT2D eigenvalue weighted by atomic mass is 9.74. The van der Waals surface area contributed by atoms with Crippen LogP contribution < -0.4 is 5.32 Å². The molecule has 6 rings (SSSR count). The number of carbonyl (C=O) groups excluding carboxylic acids is 4. The number of cyclic esters (lactones) is 1. The average molecular weight is 758 g/mol. The van der Waals surface area contributed by atoms with Crippen molar-refractivity contribution in [2.24, 2.45) is 17.8 Å². The molecular weight excluding hydrogens is 708 g/mol. The average Bonchev–Trinajstić information content (AvgIpc) is 3.71. The van der Waals surface area contributed by atoms with Crippen molar-refractivity contribution < 1.29 is 38.5 Å². The summed E-state index contributed by atoms with van der Waals surface area (Å²) in [5.41, 5.74) is -0.764. The molecule has 13 heteroatoms. The van der Waals surface area contributed by atoms with Crippen LogP contribution in [0.15, 0.2) is 53.0 Å². The van der Waals surface area contributed by atoms with E-state index < -0.39 is 59.6 Å². The van der Waals surface area contributed by atoms with Crippen LogP contribution in [0.1, 0.15) is 51.7 Å². The van der Waals surface area contributed by atoms with Crippen LogP contribution in [-0.2, 0) is 33.4 Å². The highest BCUT2D eigenvalue weighted by molar-refractivity contribution is 9.11. The van der Waals surface area contributed by atoms with E-state index in [0.29, 0.717) is 49.2 Å². The highest BCUT2D eigenvalue weighted by Crippen LogP contribution is 2.59. The zero-order valence-corrected chi connectivity index (χ0v) is 30.6. The van der Waals surface area contributed by atoms with E-state index in [9.17, 15) is 19.5 Å². The highest BCUT2D eigenvalue weighted by Gasteiger charge is 2.75. The predicted octanol–water partition coefficient (Wildman–Crippen LogP) is 2.57. The fraction of sp³-hybridized carbons (Fsp3) is 0.622. The normalized spacial score (nSPS) is 34.2. The third kappa shape index (κ3) is 6.91. The molecule has 1 aromatic rings. The van der Waals surface area contributed by atoms with Gasteiger partial charge in [-0.3, -0.25) is 24.1 Å². The Hall–Kier alpha value is -3.10. The Balaban J connectivity index is 1.43. The number of rotatable bonds is 8. The number of hydrogen-bond donors (Lipinski definition) is 2. The third-order valence-electron chi connectivity index (χ3n) is 11.1. The van der Waals surface area contributed by atoms with Crippen molar-refractivity contribution in [1.82, 2.24) is 20.0 Å². The smallest absolute Gasteiger partial charge is 0.313 e. The number of carbonyl (C=O) groups is 4. The maximum Gasteiger partial charge on any atom is 0.313 e. The molecule has 0 aliphatic carbocycles. The molecule has 50 heavy (non-hydrogen) atoms. The molecule has 3 amide bonds. The summed E-state index contributed by atoms with van der Waals surface area (Å²) >= 11 is 3.63. The van der Waals surface area contributed by atoms with Crippen molar-refractivity contribution in [3.63, 3.8) is 0 Å². The molecule has 9 atom stereocenters. The number of aliphatic hydroxyl groups excluding tert-OH is 1. The molecule has 0 aromatic heterocycles. The van der Waals surface area contributed by atoms with Crippen LogP contribution in [0, 0.1) is 17.8 Å². The van der Waals surface area contributed by atoms with Gasteiger partial charge in [0.1, 0.15) is 29.8 Å². The maximum atomic E-state index is 15.1. The molecule has 2 N–H and O–H groups in total. The van der Waals surface area contributed by atoms with Crippen LogP contribution >= 0.6 is 15.9 Å². The van der Waals surface area contributed by atoms with Crippen LogP contribution in [0.5, 0.6) is 0 Å². The zero-order chi connectivity index (χ0) is 35.6. The van der Waals surface area contributed by atoms with Gasteiger partial charge in [0, 0.05) is 43.6 Å². The van der Waals surface area contributed by atoms with E-state index in [0.717, 1.165) is 13.1 Å². The van der Waals surface area contributed by atoms with E-state index in [2.05, 4.69) is 26.1 Å². The van der Waals surface area contributed by atoms with Gasteiger partial charge in [-0.25, -0.2) is 0 Å². The first kappa shape index (κ1) is 36.7. The Morgan fingerprint density at radius 2 is 1.78 bits per heavy atom. The van der Waals surface area contributed by atoms with Crippen LogP contribution in [0.2, 0.25) is 0 Å². The second-order valence-corrected chi connectivity index (χ2v) is 15.0. The van der Waals surface area contributed by atoms with Crippen molar-refractivity contribution >= 4 is 39.6 Å². The topological polar surface area (TPSA) is 138 Å². The Morgan fingerprint density at radius 3 is 2.48 bits per heavy atom. The number of nitrogens with one attached hydrogen (secondary N) is 1. The summed E-state index contributed by atoms with van der Waals surface area (Å²) in [4.78, 5) is 62.9. The highest BCUT2D eigenvalue weighted by atomic mass is 79.9. The fourth-order valence-electron chi connectivity index (χ4n) is 8.17. The van der Waals surface area contributed by atoms with Crippen molar-refractivity contribution in [3.05, 3.63) is 58.6 Å². The van der Waals surface area contributed by atoms with Gasteiger partial charge in [-0.1, -0.05) is 78.7 Å². The predicted molar refractivity (Wildman–Crippen MR) is 188 cm³/mol. The van der Waals surface area contributed by atoms with Gasteiger partial charge >= 0.3 is 5.97 Å². The summed E-state index contributed by atoms with van der Waals surface area (Å²) in [7, 11) is 0. The number of hydrogen-bond acceptors (Lipinski definition) is 9. The van der Waals surface area contributed by atoms with Crippen molar-refractivity contribution in [2.45, 2.75) is 76.0 Å². The number of aliphatic hydroxyl groups is 1. The molecule has 0 unspecified atom stereocenters. The summed E-state index contributed by atoms with van der Waals surface area (Å²) in [6.07, 6.45) is 5.22. The molecular formula is C37H49BrN4O8. The van der Waals surface area contributed by atoms with Crippen molar-refractivity contribution in [1.29, 1.82) is 0 Å². The monoisotopic (exact) mass is 756 g/mol. The fourth-order valence-corrected chi connectivity index (χ4v) is 8.91. The number of fused-ring (bicyclic) bond motifs is 2. The summed E-state index contributed by atoms with van der Waals surface area (Å²) in [5, 5.41) is 13.8. The van der Waals surface area contributed by atoms with E-state index >= 15 is 4.79 Å². The molecule has 12 nitrogen and oxygen atoms in total. The van der Waals surface area contributed by atoms with Gasteiger partial charge in [-0.2, -0.15) is 0 Å². The Kier molecular flexibility index (Phi) is 11.5. The standard InChI is InChI=1S/C37H49BrN4O8/c1-4-23(2)27(22-43)42-33-35(46)41(16-15-40-17-19-48-20-18-40)14-10-6-9-13-28(44)39-24(3)31(25-11-7-5-8-12-25)49-36(47)29-30(34(42)45)37(33)21-26(38)32(29)50-37/h5-8,10-12,21,23-24,27,29-33,43H,4,9,13-20,22H2,1-3H3,(H,39,44)/b10-6-/t23-,24+,27-,29-,30+,31-,32-,33-,37+/m0/s1. The molecule has 272 valence electrons. The number of morpholine rings is 1. The molecule has 5 aliphatic rings. The zero-order valence-electron chi connectivity index (χ0n) is 29.0. The Labute approximate surface area is 302 Å². The lowest BCUT2D eigenvalue weighted by molar-refractivity contribution is -0.162. The lowest BCUT2D eigenvalue weighted by Crippen LogP contribution is -2.60. The second-order valence-electron chi connectivity index (χ2n) is 14.1. The number of amides is 3. The summed E-state index contributed by atoms with van der Waals surface area (Å²) in [6.45, 7) is 9.36. The molecule has 1 aromatic carbocycles. The van der Waals surface area contributed by atoms with E-state index in [4.69, 9.17) is 14.2 Å². The minimum absolute atomic E-state index is 0.143. The number of nitrogens with zero attached hydrogens (tertiary/aromatic N) is 3. The summed E-state index contributed by atoms with van der Waals surface area (Å²) < 4.78 is 19.1. The van der Waals surface area contributed by atoms with Gasteiger partial charge in [0.15, 0.2) is 0 Å². The lowest BCUT2D eigenvalue weighted by Gasteiger charge is -2.40. The largest absolute Gasteiger partial charge is 0.455 e. The minimum atomic E-state index is -1.46. The third-order valence-corrected chi connectivity index (χ3v) is 11.7. The summed E-state index contributed by atoms with van der Waals surface area (Å²) in [6, 6.07) is 6.82. The van der Waals surface area contributed by atoms with Gasteiger partial charge in [0.25, 0.3) is 0 Å². The number of allylic oxidation sites excluding steroid dienone is 1. The first-order chi connectivity index (χ1) is 24.1. The second kappa shape index (κ2) is 15.6. The summed E-state index contributed by atoms with van der Waals surface area (Å²) in [5.74, 6) is -3.83. The SMILES string of the molecule is CC[C@H](C)[C@H](CO)N1C(=O)[C@H]2[C@@H]3C(=O)O[C@H](c4ccccc4)[C@@H](C)NC(=O)CC/C=C\CN(CCN4CCOCC4)C(=O)[C@H]1[C@@]21C=C(Br)[C@@H]3O1. The molecule has 3 fully saturated rings. The van der Waals surface area contributed by atoms with E-state index in [1.54, 1.807) is 17.9 Å². The van der Waals surface area contributed by atoms with Crippen LogP contribution in [0.3, 0.4) is 0 Å². The number of likely N-dealkylation sites (tertiary alicyclic amines) is 1. The first-order valence-corrected chi connectivity index (χ1v) is 18.7. The van der Waals surface area contributed by atoms with E-state index in [1.165, 1.54) is 4.90 Å². The van der Waals surface area contributed by atoms with Crippen molar-refractivity contribution in [3.8, 4) is 0 Å². The van der Waals surface area contributed by atoms with Gasteiger partial charge in [-0.15, -0.1) is 0 Å². The molecule has 0 radical (unpaired) electrons. The first-order valence-electron chi connectivity index (χ1n) is 17.9. The van der Waals surface area contributed by atoms with Gasteiger partial charge in [0.2, 0.25) is 17.7 Å².